The number of halogens is 2. The Morgan fingerprint density at radius 1 is 1.37 bits per heavy atom. The molecular formula is C12H14Cl2N2O3. The van der Waals surface area contributed by atoms with Crippen LogP contribution in [0.4, 0.5) is 0 Å². The summed E-state index contributed by atoms with van der Waals surface area (Å²) in [4.78, 5) is 7.68. The van der Waals surface area contributed by atoms with Gasteiger partial charge < -0.3 is 14.2 Å². The quantitative estimate of drug-likeness (QED) is 0.474. The average molecular weight is 305 g/mol. The molecular weight excluding hydrogens is 291 g/mol. The highest BCUT2D eigenvalue weighted by molar-refractivity contribution is 6.32. The van der Waals surface area contributed by atoms with Crippen molar-refractivity contribution in [3.05, 3.63) is 34.2 Å². The molecule has 0 atom stereocenters. The van der Waals surface area contributed by atoms with Gasteiger partial charge in [0.1, 0.15) is 17.2 Å². The molecule has 0 saturated carbocycles. The number of aromatic nitrogens is 2. The molecule has 0 spiro atoms. The number of hydrogen-bond donors (Lipinski definition) is 0. The van der Waals surface area contributed by atoms with Gasteiger partial charge >= 0.3 is 0 Å². The lowest BCUT2D eigenvalue weighted by Gasteiger charge is -2.18. The minimum atomic E-state index is -0.581. The Balaban J connectivity index is 1.73. The van der Waals surface area contributed by atoms with Gasteiger partial charge in [0.15, 0.2) is 0 Å². The molecule has 5 nitrogen and oxygen atoms in total. The minimum absolute atomic E-state index is 0.123. The molecule has 0 amide bonds. The molecule has 0 aromatic carbocycles. The first-order valence-corrected chi connectivity index (χ1v) is 6.52. The Bertz CT molecular complexity index is 492. The number of nitrogens with zero attached hydrogens (tertiary/aromatic N) is 2. The molecule has 0 radical (unpaired) electrons. The summed E-state index contributed by atoms with van der Waals surface area (Å²) in [5, 5.41) is 0.429. The third-order valence-corrected chi connectivity index (χ3v) is 2.89. The van der Waals surface area contributed by atoms with Gasteiger partial charge in [-0.05, 0) is 11.6 Å². The first kappa shape index (κ1) is 14.4. The van der Waals surface area contributed by atoms with Crippen molar-refractivity contribution in [2.24, 2.45) is 0 Å². The summed E-state index contributed by atoms with van der Waals surface area (Å²) in [5.74, 6) is 0.186. The Hall–Kier alpha value is -1.04. The summed E-state index contributed by atoms with van der Waals surface area (Å²) in [7, 11) is 0. The predicted octanol–water partition coefficient (Wildman–Crippen LogP) is 3.31. The van der Waals surface area contributed by atoms with Gasteiger partial charge in [0.05, 0.1) is 13.2 Å². The zero-order valence-electron chi connectivity index (χ0n) is 10.7. The summed E-state index contributed by atoms with van der Waals surface area (Å²) in [5.41, 5.74) is 0.698. The lowest BCUT2D eigenvalue weighted by atomic mass is 10.3. The molecule has 0 fully saturated rings. The van der Waals surface area contributed by atoms with Gasteiger partial charge in [-0.1, -0.05) is 11.6 Å². The van der Waals surface area contributed by atoms with Crippen molar-refractivity contribution in [3.63, 3.8) is 0 Å². The van der Waals surface area contributed by atoms with Crippen molar-refractivity contribution < 1.29 is 14.2 Å². The topological polar surface area (TPSA) is 53.5 Å². The maximum absolute atomic E-state index is 5.90. The summed E-state index contributed by atoms with van der Waals surface area (Å²) < 4.78 is 16.3. The summed E-state index contributed by atoms with van der Waals surface area (Å²) >= 11 is 11.5. The Kier molecular flexibility index (Phi) is 4.50. The van der Waals surface area contributed by atoms with Crippen molar-refractivity contribution in [2.75, 3.05) is 6.61 Å². The van der Waals surface area contributed by atoms with Crippen molar-refractivity contribution in [1.29, 1.82) is 0 Å². The van der Waals surface area contributed by atoms with Gasteiger partial charge in [0.2, 0.25) is 11.1 Å². The normalized spacial score (nSPS) is 16.7. The Morgan fingerprint density at radius 3 is 2.79 bits per heavy atom. The van der Waals surface area contributed by atoms with Gasteiger partial charge in [-0.25, -0.2) is 9.97 Å². The molecule has 1 aromatic heterocycles. The standard InChI is InChI=1S/C12H14Cl2N2O3/c1-12(2)18-7-9(19-12)3-4-17-6-8-5-15-11(14)16-10(8)13/h5,7H,3-4,6H2,1-2H3. The van der Waals surface area contributed by atoms with Gasteiger partial charge in [-0.15, -0.1) is 0 Å². The maximum Gasteiger partial charge on any atom is 0.244 e. The maximum atomic E-state index is 5.90. The van der Waals surface area contributed by atoms with Crippen molar-refractivity contribution in [3.8, 4) is 0 Å². The summed E-state index contributed by atoms with van der Waals surface area (Å²) in [6.45, 7) is 4.52. The molecule has 0 saturated heterocycles. The molecule has 7 heteroatoms. The molecule has 1 aliphatic rings. The third-order valence-electron chi connectivity index (χ3n) is 2.38. The van der Waals surface area contributed by atoms with Crippen molar-refractivity contribution >= 4 is 23.2 Å². The zero-order valence-corrected chi connectivity index (χ0v) is 12.2. The highest BCUT2D eigenvalue weighted by Crippen LogP contribution is 2.26. The molecule has 0 bridgehead atoms. The van der Waals surface area contributed by atoms with E-state index in [0.29, 0.717) is 30.4 Å². The SMILES string of the molecule is CC1(C)OC=C(CCOCc2cnc(Cl)nc2Cl)O1. The fourth-order valence-corrected chi connectivity index (χ4v) is 1.86. The van der Waals surface area contributed by atoms with E-state index in [9.17, 15) is 0 Å². The monoisotopic (exact) mass is 304 g/mol. The van der Waals surface area contributed by atoms with Crippen LogP contribution < -0.4 is 0 Å². The largest absolute Gasteiger partial charge is 0.457 e. The van der Waals surface area contributed by atoms with E-state index in [4.69, 9.17) is 37.4 Å². The van der Waals surface area contributed by atoms with Gasteiger partial charge in [0.25, 0.3) is 0 Å². The van der Waals surface area contributed by atoms with Crippen LogP contribution in [-0.4, -0.2) is 22.4 Å². The van der Waals surface area contributed by atoms with Crippen LogP contribution in [0, 0.1) is 0 Å². The molecule has 0 unspecified atom stereocenters. The van der Waals surface area contributed by atoms with Gasteiger partial charge in [0, 0.05) is 32.0 Å². The van der Waals surface area contributed by atoms with Crippen molar-refractivity contribution in [1.82, 2.24) is 9.97 Å². The highest BCUT2D eigenvalue weighted by atomic mass is 35.5. The van der Waals surface area contributed by atoms with E-state index in [2.05, 4.69) is 9.97 Å². The first-order chi connectivity index (χ1) is 8.96. The molecule has 2 heterocycles. The zero-order chi connectivity index (χ0) is 13.9. The van der Waals surface area contributed by atoms with Crippen LogP contribution in [0.15, 0.2) is 18.2 Å². The third kappa shape index (κ3) is 4.23. The smallest absolute Gasteiger partial charge is 0.244 e. The molecule has 0 aliphatic carbocycles. The second-order valence-electron chi connectivity index (χ2n) is 4.46. The van der Waals surface area contributed by atoms with Crippen LogP contribution in [0.1, 0.15) is 25.8 Å². The lowest BCUT2D eigenvalue weighted by Crippen LogP contribution is -2.20. The molecule has 19 heavy (non-hydrogen) atoms. The van der Waals surface area contributed by atoms with E-state index >= 15 is 0 Å². The summed E-state index contributed by atoms with van der Waals surface area (Å²) in [6, 6.07) is 0. The highest BCUT2D eigenvalue weighted by Gasteiger charge is 2.26. The molecule has 0 N–H and O–H groups in total. The van der Waals surface area contributed by atoms with Crippen LogP contribution in [0.3, 0.4) is 0 Å². The number of rotatable bonds is 5. The van der Waals surface area contributed by atoms with Gasteiger partial charge in [-0.2, -0.15) is 0 Å². The second kappa shape index (κ2) is 5.94. The van der Waals surface area contributed by atoms with E-state index in [1.807, 2.05) is 13.8 Å². The van der Waals surface area contributed by atoms with E-state index in [1.165, 1.54) is 0 Å². The van der Waals surface area contributed by atoms with Crippen LogP contribution in [0.25, 0.3) is 0 Å². The predicted molar refractivity (Wildman–Crippen MR) is 70.7 cm³/mol. The average Bonchev–Trinajstić information content (AvgIpc) is 2.67. The molecule has 1 aliphatic heterocycles. The summed E-state index contributed by atoms with van der Waals surface area (Å²) in [6.07, 6.45) is 3.80. The van der Waals surface area contributed by atoms with E-state index in [0.717, 1.165) is 5.76 Å². The lowest BCUT2D eigenvalue weighted by molar-refractivity contribution is -0.118. The number of ether oxygens (including phenoxy) is 3. The van der Waals surface area contributed by atoms with Crippen LogP contribution >= 0.6 is 23.2 Å². The van der Waals surface area contributed by atoms with Crippen LogP contribution in [-0.2, 0) is 20.8 Å². The fourth-order valence-electron chi connectivity index (χ4n) is 1.50. The first-order valence-electron chi connectivity index (χ1n) is 5.77. The van der Waals surface area contributed by atoms with Crippen molar-refractivity contribution in [2.45, 2.75) is 32.7 Å². The van der Waals surface area contributed by atoms with E-state index in [1.54, 1.807) is 12.5 Å². The Labute approximate surface area is 121 Å². The fraction of sp³-hybridized carbons (Fsp3) is 0.500. The van der Waals surface area contributed by atoms with E-state index in [-0.39, 0.29) is 5.28 Å². The Morgan fingerprint density at radius 2 is 2.16 bits per heavy atom. The molecule has 104 valence electrons. The number of hydrogen-bond acceptors (Lipinski definition) is 5. The molecule has 1 aromatic rings. The molecule has 2 rings (SSSR count). The van der Waals surface area contributed by atoms with E-state index < -0.39 is 5.79 Å². The second-order valence-corrected chi connectivity index (χ2v) is 5.16. The van der Waals surface area contributed by atoms with Crippen LogP contribution in [0.2, 0.25) is 10.4 Å². The van der Waals surface area contributed by atoms with Crippen LogP contribution in [0.5, 0.6) is 0 Å². The minimum Gasteiger partial charge on any atom is -0.457 e. The van der Waals surface area contributed by atoms with Gasteiger partial charge in [-0.3, -0.25) is 0 Å².